The number of sulfonamides is 1. The fourth-order valence-electron chi connectivity index (χ4n) is 2.30. The van der Waals surface area contributed by atoms with Gasteiger partial charge in [-0.1, -0.05) is 24.3 Å². The summed E-state index contributed by atoms with van der Waals surface area (Å²) in [5, 5.41) is 0. The zero-order valence-electron chi connectivity index (χ0n) is 14.2. The number of carbonyl (C=O) groups excluding carboxylic acids is 1. The Kier molecular flexibility index (Phi) is 6.55. The van der Waals surface area contributed by atoms with Crippen LogP contribution in [0.25, 0.3) is 0 Å². The monoisotopic (exact) mass is 363 g/mol. The minimum Gasteiger partial charge on any atom is -0.460 e. The molecule has 0 atom stereocenters. The molecule has 2 aromatic carbocycles. The van der Waals surface area contributed by atoms with Gasteiger partial charge in [-0.15, -0.1) is 0 Å². The van der Waals surface area contributed by atoms with Gasteiger partial charge in [-0.25, -0.2) is 13.2 Å². The van der Waals surface area contributed by atoms with Crippen molar-refractivity contribution in [2.45, 2.75) is 11.8 Å². The lowest BCUT2D eigenvalue weighted by Crippen LogP contribution is -2.30. The maximum absolute atomic E-state index is 13.0. The van der Waals surface area contributed by atoms with Gasteiger partial charge in [0, 0.05) is 13.7 Å². The molecule has 134 valence electrons. The number of esters is 1. The molecule has 0 spiro atoms. The van der Waals surface area contributed by atoms with Crippen LogP contribution in [0, 0.1) is 0 Å². The Morgan fingerprint density at radius 2 is 1.76 bits per heavy atom. The van der Waals surface area contributed by atoms with Crippen molar-refractivity contribution in [2.24, 2.45) is 0 Å². The largest absolute Gasteiger partial charge is 0.460 e. The second-order valence-electron chi connectivity index (χ2n) is 5.16. The third-order valence-electron chi connectivity index (χ3n) is 3.51. The SMILES string of the molecule is CCN(c1ccccc1)S(=O)(=O)c1cccc(C(=O)OCCOC)c1. The minimum absolute atomic E-state index is 0.0411. The second kappa shape index (κ2) is 8.64. The highest BCUT2D eigenvalue weighted by Crippen LogP contribution is 2.24. The standard InChI is InChI=1S/C18H21NO5S/c1-3-19(16-9-5-4-6-10-16)25(21,22)17-11-7-8-15(14-17)18(20)24-13-12-23-2/h4-11,14H,3,12-13H2,1-2H3. The maximum Gasteiger partial charge on any atom is 0.338 e. The molecule has 2 rings (SSSR count). The first-order valence-corrected chi connectivity index (χ1v) is 9.28. The number of ether oxygens (including phenoxy) is 2. The molecule has 0 aromatic heterocycles. The lowest BCUT2D eigenvalue weighted by Gasteiger charge is -2.23. The van der Waals surface area contributed by atoms with E-state index in [4.69, 9.17) is 9.47 Å². The molecule has 7 heteroatoms. The summed E-state index contributed by atoms with van der Waals surface area (Å²) >= 11 is 0. The molecule has 0 fully saturated rings. The van der Waals surface area contributed by atoms with Crippen molar-refractivity contribution in [2.75, 3.05) is 31.2 Å². The predicted octanol–water partition coefficient (Wildman–Crippen LogP) is 2.71. The van der Waals surface area contributed by atoms with Crippen LogP contribution in [-0.4, -0.2) is 41.3 Å². The van der Waals surface area contributed by atoms with E-state index >= 15 is 0 Å². The molecule has 0 bridgehead atoms. The van der Waals surface area contributed by atoms with Gasteiger partial charge in [0.15, 0.2) is 0 Å². The zero-order valence-corrected chi connectivity index (χ0v) is 15.0. The van der Waals surface area contributed by atoms with E-state index in [-0.39, 0.29) is 30.2 Å². The summed E-state index contributed by atoms with van der Waals surface area (Å²) in [4.78, 5) is 12.1. The average Bonchev–Trinajstić information content (AvgIpc) is 2.63. The van der Waals surface area contributed by atoms with E-state index in [9.17, 15) is 13.2 Å². The Labute approximate surface area is 148 Å². The third-order valence-corrected chi connectivity index (χ3v) is 5.41. The summed E-state index contributed by atoms with van der Waals surface area (Å²) in [6, 6.07) is 14.7. The van der Waals surface area contributed by atoms with E-state index in [0.717, 1.165) is 0 Å². The first-order valence-electron chi connectivity index (χ1n) is 7.84. The van der Waals surface area contributed by atoms with Crippen LogP contribution >= 0.6 is 0 Å². The molecule has 0 aliphatic rings. The highest BCUT2D eigenvalue weighted by molar-refractivity contribution is 7.92. The zero-order chi connectivity index (χ0) is 18.3. The van der Waals surface area contributed by atoms with E-state index in [0.29, 0.717) is 5.69 Å². The van der Waals surface area contributed by atoms with Crippen molar-refractivity contribution >= 4 is 21.7 Å². The Bertz CT molecular complexity index is 805. The summed E-state index contributed by atoms with van der Waals surface area (Å²) in [7, 11) is -2.28. The van der Waals surface area contributed by atoms with Crippen LogP contribution in [0.2, 0.25) is 0 Å². The predicted molar refractivity (Wildman–Crippen MR) is 95.2 cm³/mol. The minimum atomic E-state index is -3.78. The maximum atomic E-state index is 13.0. The summed E-state index contributed by atoms with van der Waals surface area (Å²) in [5.74, 6) is -0.586. The van der Waals surface area contributed by atoms with Crippen LogP contribution in [0.15, 0.2) is 59.5 Å². The third kappa shape index (κ3) is 4.58. The molecule has 0 radical (unpaired) electrons. The van der Waals surface area contributed by atoms with Gasteiger partial charge >= 0.3 is 5.97 Å². The van der Waals surface area contributed by atoms with Gasteiger partial charge in [-0.2, -0.15) is 0 Å². The normalized spacial score (nSPS) is 11.1. The highest BCUT2D eigenvalue weighted by Gasteiger charge is 2.24. The van der Waals surface area contributed by atoms with Crippen LogP contribution < -0.4 is 4.31 Å². The highest BCUT2D eigenvalue weighted by atomic mass is 32.2. The topological polar surface area (TPSA) is 72.9 Å². The number of anilines is 1. The number of benzene rings is 2. The van der Waals surface area contributed by atoms with E-state index < -0.39 is 16.0 Å². The van der Waals surface area contributed by atoms with Crippen molar-refractivity contribution in [1.29, 1.82) is 0 Å². The van der Waals surface area contributed by atoms with Gasteiger partial charge in [0.05, 0.1) is 22.8 Å². The first-order chi connectivity index (χ1) is 12.0. The Morgan fingerprint density at radius 3 is 2.40 bits per heavy atom. The number of para-hydroxylation sites is 1. The van der Waals surface area contributed by atoms with Crippen LogP contribution in [0.3, 0.4) is 0 Å². The number of hydrogen-bond donors (Lipinski definition) is 0. The molecule has 6 nitrogen and oxygen atoms in total. The molecule has 0 unspecified atom stereocenters. The molecule has 0 amide bonds. The average molecular weight is 363 g/mol. The lowest BCUT2D eigenvalue weighted by molar-refractivity contribution is 0.0388. The summed E-state index contributed by atoms with van der Waals surface area (Å²) in [6.07, 6.45) is 0. The molecule has 0 saturated heterocycles. The van der Waals surface area contributed by atoms with Crippen LogP contribution in [0.4, 0.5) is 5.69 Å². The van der Waals surface area contributed by atoms with E-state index in [1.807, 2.05) is 6.07 Å². The van der Waals surface area contributed by atoms with Gasteiger partial charge < -0.3 is 9.47 Å². The van der Waals surface area contributed by atoms with Crippen LogP contribution in [0.5, 0.6) is 0 Å². The Morgan fingerprint density at radius 1 is 1.04 bits per heavy atom. The fraction of sp³-hybridized carbons (Fsp3) is 0.278. The number of hydrogen-bond acceptors (Lipinski definition) is 5. The van der Waals surface area contributed by atoms with Crippen LogP contribution in [0.1, 0.15) is 17.3 Å². The van der Waals surface area contributed by atoms with E-state index in [1.165, 1.54) is 35.7 Å². The Balaban J connectivity index is 2.30. The number of rotatable bonds is 8. The van der Waals surface area contributed by atoms with Gasteiger partial charge in [-0.05, 0) is 37.3 Å². The molecule has 0 aliphatic heterocycles. The van der Waals surface area contributed by atoms with Gasteiger partial charge in [0.25, 0.3) is 10.0 Å². The number of nitrogens with zero attached hydrogens (tertiary/aromatic N) is 1. The van der Waals surface area contributed by atoms with E-state index in [2.05, 4.69) is 0 Å². The second-order valence-corrected chi connectivity index (χ2v) is 7.02. The van der Waals surface area contributed by atoms with Crippen molar-refractivity contribution < 1.29 is 22.7 Å². The number of carbonyl (C=O) groups is 1. The number of methoxy groups -OCH3 is 1. The van der Waals surface area contributed by atoms with E-state index in [1.54, 1.807) is 31.2 Å². The summed E-state index contributed by atoms with van der Waals surface area (Å²) in [5.41, 5.74) is 0.749. The molecular formula is C18H21NO5S. The molecule has 2 aromatic rings. The quantitative estimate of drug-likeness (QED) is 0.533. The summed E-state index contributed by atoms with van der Waals surface area (Å²) < 4.78 is 37.1. The molecule has 0 saturated carbocycles. The molecular weight excluding hydrogens is 342 g/mol. The van der Waals surface area contributed by atoms with Crippen molar-refractivity contribution in [3.05, 3.63) is 60.2 Å². The lowest BCUT2D eigenvalue weighted by atomic mass is 10.2. The molecule has 0 heterocycles. The molecule has 0 N–H and O–H groups in total. The molecule has 25 heavy (non-hydrogen) atoms. The fourth-order valence-corrected chi connectivity index (χ4v) is 3.82. The van der Waals surface area contributed by atoms with Gasteiger partial charge in [0.1, 0.15) is 6.61 Å². The van der Waals surface area contributed by atoms with Gasteiger partial charge in [0.2, 0.25) is 0 Å². The van der Waals surface area contributed by atoms with Gasteiger partial charge in [-0.3, -0.25) is 4.31 Å². The molecule has 0 aliphatic carbocycles. The van der Waals surface area contributed by atoms with Crippen molar-refractivity contribution in [3.8, 4) is 0 Å². The smallest absolute Gasteiger partial charge is 0.338 e. The van der Waals surface area contributed by atoms with Crippen molar-refractivity contribution in [1.82, 2.24) is 0 Å². The summed E-state index contributed by atoms with van der Waals surface area (Å²) in [6.45, 7) is 2.42. The Hall–Kier alpha value is -2.38. The van der Waals surface area contributed by atoms with Crippen LogP contribution in [-0.2, 0) is 19.5 Å². The van der Waals surface area contributed by atoms with Crippen molar-refractivity contribution in [3.63, 3.8) is 0 Å². The first kappa shape index (κ1) is 19.0.